The summed E-state index contributed by atoms with van der Waals surface area (Å²) in [7, 11) is 3.90. The van der Waals surface area contributed by atoms with Gasteiger partial charge in [0, 0.05) is 62.6 Å². The monoisotopic (exact) mass is 698 g/mol. The Morgan fingerprint density at radius 1 is 0.628 bits per heavy atom. The van der Waals surface area contributed by atoms with Crippen molar-refractivity contribution in [2.45, 2.75) is 22.8 Å². The van der Waals surface area contributed by atoms with Gasteiger partial charge in [0.1, 0.15) is 35.5 Å². The number of benzene rings is 4. The summed E-state index contributed by atoms with van der Waals surface area (Å²) in [5.41, 5.74) is 1.71. The molecule has 4 aromatic carbocycles. The lowest BCUT2D eigenvalue weighted by Gasteiger charge is -2.30. The zero-order chi connectivity index (χ0) is 31.3. The molecular weight excluding hydrogens is 670 g/mol. The molecule has 0 radical (unpaired) electrons. The van der Waals surface area contributed by atoms with Crippen LogP contribution < -0.4 is 9.47 Å². The van der Waals surface area contributed by atoms with Gasteiger partial charge in [-0.2, -0.15) is 0 Å². The topological polar surface area (TPSA) is 71.1 Å². The van der Waals surface area contributed by atoms with Gasteiger partial charge in [-0.1, -0.05) is 46.4 Å². The van der Waals surface area contributed by atoms with Crippen molar-refractivity contribution in [3.63, 3.8) is 0 Å². The van der Waals surface area contributed by atoms with Gasteiger partial charge >= 0.3 is 0 Å². The van der Waals surface area contributed by atoms with Crippen molar-refractivity contribution < 1.29 is 18.6 Å². The fourth-order valence-corrected chi connectivity index (χ4v) is 5.90. The van der Waals surface area contributed by atoms with Crippen LogP contribution in [0.1, 0.15) is 11.1 Å². The van der Waals surface area contributed by atoms with Crippen LogP contribution in [-0.4, -0.2) is 52.3 Å². The third-order valence-corrected chi connectivity index (χ3v) is 9.84. The van der Waals surface area contributed by atoms with Crippen LogP contribution >= 0.6 is 46.4 Å². The second-order valence-corrected chi connectivity index (χ2v) is 14.2. The van der Waals surface area contributed by atoms with Gasteiger partial charge < -0.3 is 18.6 Å². The highest BCUT2D eigenvalue weighted by atomic mass is 35.5. The minimum atomic E-state index is -1.18. The van der Waals surface area contributed by atoms with Gasteiger partial charge in [0.15, 0.2) is 9.79 Å². The predicted octanol–water partition coefficient (Wildman–Crippen LogP) is 8.88. The van der Waals surface area contributed by atoms with E-state index in [4.69, 9.17) is 55.9 Å². The molecule has 0 spiro atoms. The highest BCUT2D eigenvalue weighted by molar-refractivity contribution is 7.91. The number of ether oxygens (including phenoxy) is 2. The van der Waals surface area contributed by atoms with E-state index in [9.17, 15) is 9.11 Å². The third-order valence-electron chi connectivity index (χ3n) is 6.52. The Kier molecular flexibility index (Phi) is 12.2. The molecule has 4 rings (SSSR count). The Balaban J connectivity index is 1.61. The molecule has 6 nitrogen and oxygen atoms in total. The largest absolute Gasteiger partial charge is 0.612 e. The van der Waals surface area contributed by atoms with E-state index in [1.165, 1.54) is 0 Å². The fourth-order valence-electron chi connectivity index (χ4n) is 4.19. The van der Waals surface area contributed by atoms with Crippen molar-refractivity contribution in [2.24, 2.45) is 0 Å². The molecule has 0 bridgehead atoms. The molecule has 0 heterocycles. The van der Waals surface area contributed by atoms with Crippen LogP contribution in [0.3, 0.4) is 0 Å². The zero-order valence-electron chi connectivity index (χ0n) is 23.9. The van der Waals surface area contributed by atoms with Crippen molar-refractivity contribution in [3.05, 3.63) is 104 Å². The second-order valence-electron chi connectivity index (χ2n) is 9.79. The summed E-state index contributed by atoms with van der Waals surface area (Å²) in [6.45, 7) is 1.03. The van der Waals surface area contributed by atoms with Crippen LogP contribution in [0.15, 0.2) is 82.6 Å². The SMILES string of the molecule is CN(C)N(CCc1cc([S+](C)[O-])ccc1Oc1ccc(Cl)c(Cl)c1)Cc1cc([S+](C)[O-])ccc1Oc1ccc(Cl)c(Cl)c1. The number of hydrogen-bond donors (Lipinski definition) is 0. The van der Waals surface area contributed by atoms with E-state index >= 15 is 0 Å². The van der Waals surface area contributed by atoms with Crippen LogP contribution in [0.4, 0.5) is 0 Å². The summed E-state index contributed by atoms with van der Waals surface area (Å²) >= 11 is 22.2. The quantitative estimate of drug-likeness (QED) is 0.109. The van der Waals surface area contributed by atoms with Gasteiger partial charge in [-0.05, 0) is 77.3 Å². The first-order valence-corrected chi connectivity index (χ1v) is 17.6. The van der Waals surface area contributed by atoms with Gasteiger partial charge in [-0.3, -0.25) is 0 Å². The first-order valence-electron chi connectivity index (χ1n) is 13.0. The van der Waals surface area contributed by atoms with Crippen LogP contribution in [-0.2, 0) is 35.3 Å². The number of hydrazine groups is 1. The number of nitrogens with zero attached hydrogens (tertiary/aromatic N) is 2. The lowest BCUT2D eigenvalue weighted by atomic mass is 10.1. The first-order chi connectivity index (χ1) is 20.4. The van der Waals surface area contributed by atoms with Crippen molar-refractivity contribution in [1.29, 1.82) is 0 Å². The summed E-state index contributed by atoms with van der Waals surface area (Å²) in [6, 6.07) is 21.2. The molecule has 0 saturated heterocycles. The third kappa shape index (κ3) is 9.34. The zero-order valence-corrected chi connectivity index (χ0v) is 28.6. The Labute approximate surface area is 278 Å². The molecule has 0 aliphatic rings. The van der Waals surface area contributed by atoms with E-state index in [-0.39, 0.29) is 0 Å². The van der Waals surface area contributed by atoms with Crippen LogP contribution in [0.5, 0.6) is 23.0 Å². The Morgan fingerprint density at radius 3 is 1.53 bits per heavy atom. The molecule has 4 aromatic rings. The highest BCUT2D eigenvalue weighted by Crippen LogP contribution is 2.34. The molecule has 0 saturated carbocycles. The van der Waals surface area contributed by atoms with E-state index in [1.54, 1.807) is 61.0 Å². The predicted molar refractivity (Wildman–Crippen MR) is 178 cm³/mol. The maximum Gasteiger partial charge on any atom is 0.152 e. The maximum atomic E-state index is 12.4. The van der Waals surface area contributed by atoms with Crippen molar-refractivity contribution in [1.82, 2.24) is 10.0 Å². The molecule has 0 aromatic heterocycles. The average Bonchev–Trinajstić information content (AvgIpc) is 2.96. The standard InChI is InChI=1S/C31H30Cl4N2O4S2/c1-36(2)37(19-21-16-25(43(4)39)8-12-31(21)41-23-6-10-27(33)29(35)18-23)14-13-20-15-24(42(3)38)7-11-30(20)40-22-5-9-26(32)28(34)17-22/h5-12,15-18H,13-14,19H2,1-4H3. The molecule has 0 amide bonds. The van der Waals surface area contributed by atoms with E-state index in [0.717, 1.165) is 11.1 Å². The van der Waals surface area contributed by atoms with Crippen molar-refractivity contribution in [3.8, 4) is 23.0 Å². The van der Waals surface area contributed by atoms with E-state index in [0.29, 0.717) is 72.4 Å². The Bertz CT molecular complexity index is 1570. The molecule has 12 heteroatoms. The number of rotatable bonds is 12. The summed E-state index contributed by atoms with van der Waals surface area (Å²) in [5, 5.41) is 5.75. The maximum absolute atomic E-state index is 12.4. The van der Waals surface area contributed by atoms with Gasteiger partial charge in [0.05, 0.1) is 20.1 Å². The average molecular weight is 701 g/mol. The molecule has 43 heavy (non-hydrogen) atoms. The minimum absolute atomic E-state index is 0.385. The molecule has 2 unspecified atom stereocenters. The van der Waals surface area contributed by atoms with Gasteiger partial charge in [-0.15, -0.1) is 0 Å². The van der Waals surface area contributed by atoms with Crippen LogP contribution in [0.25, 0.3) is 0 Å². The van der Waals surface area contributed by atoms with Crippen LogP contribution in [0, 0.1) is 0 Å². The van der Waals surface area contributed by atoms with Crippen molar-refractivity contribution >= 4 is 68.8 Å². The lowest BCUT2D eigenvalue weighted by Crippen LogP contribution is -2.38. The summed E-state index contributed by atoms with van der Waals surface area (Å²) < 4.78 is 37.1. The van der Waals surface area contributed by atoms with Crippen LogP contribution in [0.2, 0.25) is 20.1 Å². The lowest BCUT2D eigenvalue weighted by molar-refractivity contribution is 0.0168. The molecule has 0 aliphatic heterocycles. The smallest absolute Gasteiger partial charge is 0.152 e. The van der Waals surface area contributed by atoms with E-state index in [2.05, 4.69) is 5.01 Å². The summed E-state index contributed by atoms with van der Waals surface area (Å²) in [6.07, 6.45) is 3.86. The number of hydrogen-bond acceptors (Lipinski definition) is 6. The summed E-state index contributed by atoms with van der Waals surface area (Å²) in [5.74, 6) is 2.30. The van der Waals surface area contributed by atoms with Gasteiger partial charge in [0.2, 0.25) is 0 Å². The molecular formula is C31H30Cl4N2O4S2. The van der Waals surface area contributed by atoms with Crippen molar-refractivity contribution in [2.75, 3.05) is 33.2 Å². The second kappa shape index (κ2) is 15.5. The summed E-state index contributed by atoms with van der Waals surface area (Å²) in [4.78, 5) is 1.38. The fraction of sp³-hybridized carbons (Fsp3) is 0.226. The molecule has 2 atom stereocenters. The normalized spacial score (nSPS) is 12.9. The highest BCUT2D eigenvalue weighted by Gasteiger charge is 2.19. The molecule has 0 aliphatic carbocycles. The molecule has 0 N–H and O–H groups in total. The first kappa shape index (κ1) is 34.1. The Hall–Kier alpha value is -1.82. The van der Waals surface area contributed by atoms with Gasteiger partial charge in [0.25, 0.3) is 0 Å². The van der Waals surface area contributed by atoms with E-state index < -0.39 is 22.4 Å². The number of halogens is 4. The van der Waals surface area contributed by atoms with E-state index in [1.807, 2.05) is 43.4 Å². The molecule has 0 fully saturated rings. The Morgan fingerprint density at radius 2 is 1.09 bits per heavy atom. The van der Waals surface area contributed by atoms with Gasteiger partial charge in [-0.25, -0.2) is 10.0 Å². The minimum Gasteiger partial charge on any atom is -0.612 e. The molecule has 228 valence electrons.